The van der Waals surface area contributed by atoms with Crippen molar-refractivity contribution in [3.63, 3.8) is 0 Å². The molecule has 0 fully saturated rings. The second kappa shape index (κ2) is 13.0. The summed E-state index contributed by atoms with van der Waals surface area (Å²) in [6.45, 7) is 0. The highest BCUT2D eigenvalue weighted by Crippen LogP contribution is 2.62. The highest BCUT2D eigenvalue weighted by molar-refractivity contribution is 5.89. The largest absolute Gasteiger partial charge is 0.457 e. The summed E-state index contributed by atoms with van der Waals surface area (Å²) < 4.78 is 6.75. The Hall–Kier alpha value is -7.10. The van der Waals surface area contributed by atoms with Crippen molar-refractivity contribution in [1.82, 2.24) is 9.97 Å². The van der Waals surface area contributed by atoms with E-state index in [0.29, 0.717) is 5.82 Å². The zero-order chi connectivity index (χ0) is 37.1. The minimum atomic E-state index is -0.570. The van der Waals surface area contributed by atoms with Gasteiger partial charge in [0.05, 0.1) is 16.8 Å². The van der Waals surface area contributed by atoms with Crippen LogP contribution < -0.4 is 4.74 Å². The van der Waals surface area contributed by atoms with Gasteiger partial charge in [0.1, 0.15) is 11.5 Å². The topological polar surface area (TPSA) is 35.0 Å². The third kappa shape index (κ3) is 5.12. The van der Waals surface area contributed by atoms with Crippen molar-refractivity contribution in [3.05, 3.63) is 234 Å². The molecule has 2 aliphatic carbocycles. The predicted molar refractivity (Wildman–Crippen MR) is 227 cm³/mol. The number of hydrogen-bond acceptors (Lipinski definition) is 3. The Bertz CT molecular complexity index is 2830. The molecule has 0 radical (unpaired) electrons. The zero-order valence-corrected chi connectivity index (χ0v) is 30.6. The molecule has 1 atom stereocenters. The standard InChI is InChI=1S/C53H36N2O/c1-3-15-35(16-4-1)37-19-13-21-39(31-37)48-34-49(40-22-14-20-38(32-40)36-17-5-2-6-18-36)55-52(54-48)41-29-30-51-47(33-41)53(46-27-11-12-28-50(46)56-51)44-25-9-7-23-42(44)43-24-8-10-26-45(43)53/h1-31,33-34,40H,32H2/t40-/m0/s1. The Labute approximate surface area is 327 Å². The molecule has 0 unspecified atom stereocenters. The summed E-state index contributed by atoms with van der Waals surface area (Å²) in [5.41, 5.74) is 15.5. The van der Waals surface area contributed by atoms with Gasteiger partial charge in [0.15, 0.2) is 5.82 Å². The Balaban J connectivity index is 1.11. The number of benzene rings is 7. The first-order valence-corrected chi connectivity index (χ1v) is 19.3. The van der Waals surface area contributed by atoms with Gasteiger partial charge in [-0.3, -0.25) is 0 Å². The van der Waals surface area contributed by atoms with E-state index in [2.05, 4.69) is 200 Å². The lowest BCUT2D eigenvalue weighted by atomic mass is 9.66. The van der Waals surface area contributed by atoms with Crippen LogP contribution in [0.25, 0.3) is 50.5 Å². The summed E-state index contributed by atoms with van der Waals surface area (Å²) in [5, 5.41) is 0. The second-order valence-corrected chi connectivity index (χ2v) is 14.9. The van der Waals surface area contributed by atoms with Crippen LogP contribution in [-0.2, 0) is 5.41 Å². The molecule has 3 heteroatoms. The molecule has 0 saturated heterocycles. The van der Waals surface area contributed by atoms with Gasteiger partial charge in [-0.2, -0.15) is 0 Å². The van der Waals surface area contributed by atoms with Crippen LogP contribution in [0.2, 0.25) is 0 Å². The lowest BCUT2D eigenvalue weighted by Gasteiger charge is -2.39. The summed E-state index contributed by atoms with van der Waals surface area (Å²) in [6, 6.07) is 64.8. The van der Waals surface area contributed by atoms with Crippen LogP contribution in [0.4, 0.5) is 0 Å². The van der Waals surface area contributed by atoms with E-state index in [1.807, 2.05) is 0 Å². The summed E-state index contributed by atoms with van der Waals surface area (Å²) in [7, 11) is 0. The summed E-state index contributed by atoms with van der Waals surface area (Å²) in [4.78, 5) is 10.8. The van der Waals surface area contributed by atoms with Crippen molar-refractivity contribution in [2.45, 2.75) is 17.8 Å². The average molecular weight is 717 g/mol. The van der Waals surface area contributed by atoms with E-state index in [-0.39, 0.29) is 5.92 Å². The number of ether oxygens (including phenoxy) is 1. The van der Waals surface area contributed by atoms with Gasteiger partial charge in [-0.05, 0) is 87.3 Å². The molecule has 56 heavy (non-hydrogen) atoms. The maximum absolute atomic E-state index is 6.75. The molecule has 1 aromatic heterocycles. The minimum absolute atomic E-state index is 0.0841. The number of allylic oxidation sites excluding steroid dienone is 4. The van der Waals surface area contributed by atoms with Gasteiger partial charge >= 0.3 is 0 Å². The molecular formula is C53H36N2O. The number of rotatable bonds is 5. The third-order valence-corrected chi connectivity index (χ3v) is 11.7. The Morgan fingerprint density at radius 3 is 1.86 bits per heavy atom. The SMILES string of the molecule is C1=C[C@H](c2cc(-c3cccc(-c4ccccc4)c3)nc(-c3ccc4c(c3)C3(c5ccccc5O4)c4ccccc4-c4ccccc43)n2)CC(c2ccccc2)=C1. The van der Waals surface area contributed by atoms with Gasteiger partial charge in [-0.25, -0.2) is 9.97 Å². The Morgan fingerprint density at radius 2 is 1.09 bits per heavy atom. The highest BCUT2D eigenvalue weighted by Gasteiger charge is 2.51. The van der Waals surface area contributed by atoms with Crippen LogP contribution in [0.3, 0.4) is 0 Å². The van der Waals surface area contributed by atoms with Gasteiger partial charge in [-0.1, -0.05) is 164 Å². The van der Waals surface area contributed by atoms with Crippen LogP contribution in [0, 0.1) is 0 Å². The fourth-order valence-corrected chi connectivity index (χ4v) is 9.17. The molecular weight excluding hydrogens is 681 g/mol. The van der Waals surface area contributed by atoms with Crippen LogP contribution in [0.15, 0.2) is 200 Å². The minimum Gasteiger partial charge on any atom is -0.457 e. The van der Waals surface area contributed by atoms with E-state index in [4.69, 9.17) is 14.7 Å². The molecule has 11 rings (SSSR count). The first-order valence-electron chi connectivity index (χ1n) is 19.3. The summed E-state index contributed by atoms with van der Waals surface area (Å²) >= 11 is 0. The van der Waals surface area contributed by atoms with E-state index < -0.39 is 5.41 Å². The van der Waals surface area contributed by atoms with Gasteiger partial charge in [0, 0.05) is 28.2 Å². The van der Waals surface area contributed by atoms with E-state index in [9.17, 15) is 0 Å². The molecule has 0 bridgehead atoms. The smallest absolute Gasteiger partial charge is 0.160 e. The van der Waals surface area contributed by atoms with Crippen molar-refractivity contribution in [1.29, 1.82) is 0 Å². The lowest BCUT2D eigenvalue weighted by molar-refractivity contribution is 0.436. The third-order valence-electron chi connectivity index (χ3n) is 11.7. The fraction of sp³-hybridized carbons (Fsp3) is 0.0566. The van der Waals surface area contributed by atoms with Gasteiger partial charge in [0.2, 0.25) is 0 Å². The zero-order valence-electron chi connectivity index (χ0n) is 30.6. The molecule has 1 spiro atoms. The van der Waals surface area contributed by atoms with Crippen LogP contribution >= 0.6 is 0 Å². The average Bonchev–Trinajstić information content (AvgIpc) is 3.57. The van der Waals surface area contributed by atoms with Crippen LogP contribution in [0.1, 0.15) is 45.8 Å². The molecule has 3 aliphatic rings. The van der Waals surface area contributed by atoms with Gasteiger partial charge in [-0.15, -0.1) is 0 Å². The highest BCUT2D eigenvalue weighted by atomic mass is 16.5. The number of aromatic nitrogens is 2. The first kappa shape index (κ1) is 32.3. The maximum atomic E-state index is 6.75. The van der Waals surface area contributed by atoms with Crippen molar-refractivity contribution < 1.29 is 4.74 Å². The molecule has 8 aromatic rings. The summed E-state index contributed by atoms with van der Waals surface area (Å²) in [6.07, 6.45) is 7.55. The number of para-hydroxylation sites is 1. The predicted octanol–water partition coefficient (Wildman–Crippen LogP) is 13.1. The molecule has 264 valence electrons. The molecule has 0 N–H and O–H groups in total. The van der Waals surface area contributed by atoms with Crippen molar-refractivity contribution in [3.8, 4) is 56.4 Å². The van der Waals surface area contributed by atoms with E-state index >= 15 is 0 Å². The monoisotopic (exact) mass is 716 g/mol. The first-order chi connectivity index (χ1) is 27.7. The molecule has 0 amide bonds. The van der Waals surface area contributed by atoms with Gasteiger partial charge in [0.25, 0.3) is 0 Å². The Morgan fingerprint density at radius 1 is 0.464 bits per heavy atom. The second-order valence-electron chi connectivity index (χ2n) is 14.9. The molecule has 3 nitrogen and oxygen atoms in total. The Kier molecular flexibility index (Phi) is 7.53. The van der Waals surface area contributed by atoms with E-state index in [1.54, 1.807) is 0 Å². The van der Waals surface area contributed by atoms with E-state index in [0.717, 1.165) is 57.1 Å². The van der Waals surface area contributed by atoms with Crippen molar-refractivity contribution in [2.24, 2.45) is 0 Å². The maximum Gasteiger partial charge on any atom is 0.160 e. The number of fused-ring (bicyclic) bond motifs is 9. The van der Waals surface area contributed by atoms with Crippen LogP contribution in [0.5, 0.6) is 11.5 Å². The molecule has 2 heterocycles. The van der Waals surface area contributed by atoms with Crippen LogP contribution in [-0.4, -0.2) is 9.97 Å². The quantitative estimate of drug-likeness (QED) is 0.178. The molecule has 1 aliphatic heterocycles. The van der Waals surface area contributed by atoms with Crippen molar-refractivity contribution in [2.75, 3.05) is 0 Å². The van der Waals surface area contributed by atoms with Gasteiger partial charge < -0.3 is 4.74 Å². The fourth-order valence-electron chi connectivity index (χ4n) is 9.17. The lowest BCUT2D eigenvalue weighted by Crippen LogP contribution is -2.32. The molecule has 7 aromatic carbocycles. The summed E-state index contributed by atoms with van der Waals surface area (Å²) in [5.74, 6) is 2.51. The van der Waals surface area contributed by atoms with E-state index in [1.165, 1.54) is 39.0 Å². The number of hydrogen-bond donors (Lipinski definition) is 0. The normalized spacial score (nSPS) is 15.6. The number of nitrogens with zero attached hydrogens (tertiary/aromatic N) is 2. The molecule has 0 saturated carbocycles. The van der Waals surface area contributed by atoms with Crippen molar-refractivity contribution >= 4 is 5.57 Å².